The van der Waals surface area contributed by atoms with Crippen molar-refractivity contribution in [1.82, 2.24) is 4.90 Å². The lowest BCUT2D eigenvalue weighted by atomic mass is 10.1. The molecule has 0 spiro atoms. The molecule has 1 saturated carbocycles. The summed E-state index contributed by atoms with van der Waals surface area (Å²) in [6, 6.07) is 2.06. The summed E-state index contributed by atoms with van der Waals surface area (Å²) >= 11 is 0. The van der Waals surface area contributed by atoms with E-state index in [1.54, 1.807) is 14.1 Å². The molecule has 74 valence electrons. The van der Waals surface area contributed by atoms with Crippen molar-refractivity contribution in [2.75, 3.05) is 20.7 Å². The second kappa shape index (κ2) is 5.55. The summed E-state index contributed by atoms with van der Waals surface area (Å²) in [6.45, 7) is 0.195. The fourth-order valence-corrected chi connectivity index (χ4v) is 0.735. The number of nitriles is 1. The Bertz CT molecular complexity index is 192. The van der Waals surface area contributed by atoms with E-state index in [1.165, 1.54) is 4.90 Å². The van der Waals surface area contributed by atoms with Crippen LogP contribution in [0, 0.1) is 16.7 Å². The van der Waals surface area contributed by atoms with Gasteiger partial charge in [0, 0.05) is 32.5 Å². The molecule has 0 radical (unpaired) electrons. The fraction of sp³-hybridized carbons (Fsp3) is 0.778. The standard InChI is InChI=1S/C6H9NO.C3H7NO/c7-4-3-6(5-8)1-2-6;1-4(2)3-5/h8H,1-3,5H2;3H,1-2H3. The normalized spacial score (nSPS) is 16.2. The van der Waals surface area contributed by atoms with Crippen LogP contribution >= 0.6 is 0 Å². The highest BCUT2D eigenvalue weighted by molar-refractivity contribution is 5.45. The van der Waals surface area contributed by atoms with Crippen LogP contribution in [0.1, 0.15) is 19.3 Å². The Morgan fingerprint density at radius 1 is 1.62 bits per heavy atom. The largest absolute Gasteiger partial charge is 0.396 e. The molecule has 0 saturated heterocycles. The van der Waals surface area contributed by atoms with Crippen LogP contribution in [0.2, 0.25) is 0 Å². The van der Waals surface area contributed by atoms with Crippen LogP contribution < -0.4 is 0 Å². The maximum Gasteiger partial charge on any atom is 0.209 e. The van der Waals surface area contributed by atoms with Crippen molar-refractivity contribution in [2.24, 2.45) is 5.41 Å². The molecule has 1 aliphatic carbocycles. The topological polar surface area (TPSA) is 64.3 Å². The van der Waals surface area contributed by atoms with Crippen LogP contribution in [0.15, 0.2) is 0 Å². The van der Waals surface area contributed by atoms with E-state index in [9.17, 15) is 4.79 Å². The molecule has 0 aliphatic heterocycles. The van der Waals surface area contributed by atoms with Crippen LogP contribution in [0.5, 0.6) is 0 Å². The Morgan fingerprint density at radius 3 is 2.15 bits per heavy atom. The smallest absolute Gasteiger partial charge is 0.209 e. The number of aliphatic hydroxyl groups is 1. The number of rotatable bonds is 3. The molecule has 0 unspecified atom stereocenters. The van der Waals surface area contributed by atoms with Crippen LogP contribution in [0.4, 0.5) is 0 Å². The van der Waals surface area contributed by atoms with Crippen molar-refractivity contribution < 1.29 is 9.90 Å². The van der Waals surface area contributed by atoms with E-state index < -0.39 is 0 Å². The Hall–Kier alpha value is -1.08. The Labute approximate surface area is 78.8 Å². The molecule has 0 aromatic heterocycles. The maximum atomic E-state index is 9.43. The third-order valence-corrected chi connectivity index (χ3v) is 1.96. The van der Waals surface area contributed by atoms with Crippen molar-refractivity contribution in [3.05, 3.63) is 0 Å². The Balaban J connectivity index is 0.000000252. The summed E-state index contributed by atoms with van der Waals surface area (Å²) in [5.41, 5.74) is 0.0365. The van der Waals surface area contributed by atoms with Gasteiger partial charge in [0.2, 0.25) is 6.41 Å². The van der Waals surface area contributed by atoms with Crippen LogP contribution in [0.3, 0.4) is 0 Å². The summed E-state index contributed by atoms with van der Waals surface area (Å²) in [6.07, 6.45) is 3.36. The molecule has 0 atom stereocenters. The van der Waals surface area contributed by atoms with Gasteiger partial charge in [-0.3, -0.25) is 4.79 Å². The highest BCUT2D eigenvalue weighted by Gasteiger charge is 2.41. The lowest BCUT2D eigenvalue weighted by Gasteiger charge is -2.01. The minimum Gasteiger partial charge on any atom is -0.396 e. The van der Waals surface area contributed by atoms with E-state index >= 15 is 0 Å². The molecule has 0 heterocycles. The summed E-state index contributed by atoms with van der Waals surface area (Å²) in [5, 5.41) is 16.8. The molecule has 0 aromatic carbocycles. The predicted octanol–water partition coefficient (Wildman–Crippen LogP) is 0.377. The van der Waals surface area contributed by atoms with E-state index in [1.807, 2.05) is 0 Å². The second-order valence-electron chi connectivity index (χ2n) is 3.56. The first-order valence-corrected chi connectivity index (χ1v) is 4.20. The van der Waals surface area contributed by atoms with Crippen LogP contribution in [-0.2, 0) is 4.79 Å². The first kappa shape index (κ1) is 11.9. The third-order valence-electron chi connectivity index (χ3n) is 1.96. The maximum absolute atomic E-state index is 9.43. The molecule has 1 fully saturated rings. The number of hydrogen-bond donors (Lipinski definition) is 1. The molecule has 1 rings (SSSR count). The molecule has 4 nitrogen and oxygen atoms in total. The van der Waals surface area contributed by atoms with Crippen LogP contribution in [-0.4, -0.2) is 37.1 Å². The van der Waals surface area contributed by atoms with E-state index in [0.717, 1.165) is 19.3 Å². The molecule has 13 heavy (non-hydrogen) atoms. The molecular weight excluding hydrogens is 168 g/mol. The van der Waals surface area contributed by atoms with Gasteiger partial charge in [-0.2, -0.15) is 5.26 Å². The lowest BCUT2D eigenvalue weighted by molar-refractivity contribution is -0.115. The molecular formula is C9H16N2O2. The number of amides is 1. The zero-order valence-corrected chi connectivity index (χ0v) is 8.16. The zero-order valence-electron chi connectivity index (χ0n) is 8.16. The summed E-state index contributed by atoms with van der Waals surface area (Å²) in [5.74, 6) is 0. The van der Waals surface area contributed by atoms with Crippen molar-refractivity contribution >= 4 is 6.41 Å². The van der Waals surface area contributed by atoms with Crippen LogP contribution in [0.25, 0.3) is 0 Å². The number of hydrogen-bond acceptors (Lipinski definition) is 3. The Morgan fingerprint density at radius 2 is 2.08 bits per heavy atom. The van der Waals surface area contributed by atoms with E-state index in [2.05, 4.69) is 6.07 Å². The quantitative estimate of drug-likeness (QED) is 0.645. The first-order chi connectivity index (χ1) is 6.10. The monoisotopic (exact) mass is 184 g/mol. The number of carbonyl (C=O) groups is 1. The summed E-state index contributed by atoms with van der Waals surface area (Å²) in [4.78, 5) is 10.9. The number of aliphatic hydroxyl groups excluding tert-OH is 1. The molecule has 1 amide bonds. The number of carbonyl (C=O) groups excluding carboxylic acids is 1. The van der Waals surface area contributed by atoms with Gasteiger partial charge in [-0.1, -0.05) is 0 Å². The molecule has 0 aromatic rings. The van der Waals surface area contributed by atoms with Gasteiger partial charge in [-0.25, -0.2) is 0 Å². The van der Waals surface area contributed by atoms with E-state index in [4.69, 9.17) is 10.4 Å². The highest BCUT2D eigenvalue weighted by Crippen LogP contribution is 2.47. The highest BCUT2D eigenvalue weighted by atomic mass is 16.3. The lowest BCUT2D eigenvalue weighted by Crippen LogP contribution is -2.06. The third kappa shape index (κ3) is 5.21. The predicted molar refractivity (Wildman–Crippen MR) is 48.7 cm³/mol. The van der Waals surface area contributed by atoms with Crippen molar-refractivity contribution in [3.8, 4) is 6.07 Å². The van der Waals surface area contributed by atoms with Gasteiger partial charge in [-0.05, 0) is 12.8 Å². The number of nitrogens with zero attached hydrogens (tertiary/aromatic N) is 2. The van der Waals surface area contributed by atoms with E-state index in [0.29, 0.717) is 6.42 Å². The summed E-state index contributed by atoms with van der Waals surface area (Å²) in [7, 11) is 3.38. The average molecular weight is 184 g/mol. The molecule has 1 N–H and O–H groups in total. The van der Waals surface area contributed by atoms with Crippen molar-refractivity contribution in [1.29, 1.82) is 5.26 Å². The van der Waals surface area contributed by atoms with Crippen molar-refractivity contribution in [2.45, 2.75) is 19.3 Å². The molecule has 4 heteroatoms. The SMILES string of the molecule is CN(C)C=O.N#CCC1(CO)CC1. The zero-order chi connectivity index (χ0) is 10.3. The molecule has 0 bridgehead atoms. The van der Waals surface area contributed by atoms with Crippen molar-refractivity contribution in [3.63, 3.8) is 0 Å². The van der Waals surface area contributed by atoms with Gasteiger partial charge in [0.15, 0.2) is 0 Å². The minimum atomic E-state index is 0.0365. The Kier molecular flexibility index (Phi) is 5.09. The van der Waals surface area contributed by atoms with Gasteiger partial charge in [0.05, 0.1) is 6.07 Å². The molecule has 1 aliphatic rings. The van der Waals surface area contributed by atoms with E-state index in [-0.39, 0.29) is 12.0 Å². The minimum absolute atomic E-state index is 0.0365. The fourth-order valence-electron chi connectivity index (χ4n) is 0.735. The van der Waals surface area contributed by atoms with Gasteiger partial charge in [0.1, 0.15) is 0 Å². The van der Waals surface area contributed by atoms with Gasteiger partial charge in [0.25, 0.3) is 0 Å². The summed E-state index contributed by atoms with van der Waals surface area (Å²) < 4.78 is 0. The van der Waals surface area contributed by atoms with Gasteiger partial charge >= 0.3 is 0 Å². The first-order valence-electron chi connectivity index (χ1n) is 4.20. The second-order valence-corrected chi connectivity index (χ2v) is 3.56. The van der Waals surface area contributed by atoms with Gasteiger partial charge < -0.3 is 10.0 Å². The van der Waals surface area contributed by atoms with Gasteiger partial charge in [-0.15, -0.1) is 0 Å². The average Bonchev–Trinajstić information content (AvgIpc) is 2.87.